The van der Waals surface area contributed by atoms with E-state index in [1.807, 2.05) is 0 Å². The van der Waals surface area contributed by atoms with Crippen molar-refractivity contribution >= 4 is 35.3 Å². The van der Waals surface area contributed by atoms with Gasteiger partial charge in [0.1, 0.15) is 18.4 Å². The normalized spacial score (nSPS) is 23.8. The molecule has 3 N–H and O–H groups in total. The first kappa shape index (κ1) is 21.5. The molecular formula is C21H25Cl2N5O2. The fourth-order valence-electron chi connectivity index (χ4n) is 4.49. The van der Waals surface area contributed by atoms with Crippen molar-refractivity contribution in [3.63, 3.8) is 0 Å². The van der Waals surface area contributed by atoms with E-state index < -0.39 is 18.2 Å². The van der Waals surface area contributed by atoms with Crippen LogP contribution in [0.5, 0.6) is 0 Å². The molecule has 2 heterocycles. The molecule has 0 spiro atoms. The smallest absolute Gasteiger partial charge is 0.135 e. The van der Waals surface area contributed by atoms with Crippen LogP contribution in [0.4, 0.5) is 5.82 Å². The number of benzene rings is 1. The van der Waals surface area contributed by atoms with Gasteiger partial charge in [-0.25, -0.2) is 9.97 Å². The third-order valence-electron chi connectivity index (χ3n) is 6.16. The number of hydrogen-bond donors (Lipinski definition) is 2. The SMILES string of the molecule is C[C@@H]1C[C@H](O)c2ncnc(N3CCN(C(N)C(C=O)c4ccc(Cl)c(Cl)c4)CC3)c21. The van der Waals surface area contributed by atoms with E-state index in [1.165, 1.54) is 6.33 Å². The van der Waals surface area contributed by atoms with E-state index in [0.29, 0.717) is 29.6 Å². The van der Waals surface area contributed by atoms with E-state index >= 15 is 0 Å². The highest BCUT2D eigenvalue weighted by molar-refractivity contribution is 6.42. The molecule has 1 aromatic carbocycles. The summed E-state index contributed by atoms with van der Waals surface area (Å²) in [5, 5.41) is 11.1. The molecule has 0 amide bonds. The van der Waals surface area contributed by atoms with Gasteiger partial charge in [0.15, 0.2) is 0 Å². The highest BCUT2D eigenvalue weighted by Crippen LogP contribution is 2.42. The maximum Gasteiger partial charge on any atom is 0.135 e. The number of nitrogens with two attached hydrogens (primary N) is 1. The standard InChI is InChI=1S/C21H25Cl2N5O2/c1-12-8-17(30)19-18(12)21(26-11-25-19)28-6-4-27(5-7-28)20(24)14(10-29)13-2-3-15(22)16(23)9-13/h2-3,9-12,14,17,20,30H,4-8,24H2,1H3/t12-,14?,17+,20?/m1/s1. The van der Waals surface area contributed by atoms with Crippen LogP contribution < -0.4 is 10.6 Å². The molecule has 9 heteroatoms. The van der Waals surface area contributed by atoms with E-state index in [9.17, 15) is 9.90 Å². The van der Waals surface area contributed by atoms with Gasteiger partial charge in [-0.05, 0) is 30.0 Å². The summed E-state index contributed by atoms with van der Waals surface area (Å²) in [6.07, 6.45) is 2.10. The summed E-state index contributed by atoms with van der Waals surface area (Å²) < 4.78 is 0. The first-order valence-corrected chi connectivity index (χ1v) is 10.8. The number of halogens is 2. The zero-order valence-corrected chi connectivity index (χ0v) is 18.2. The van der Waals surface area contributed by atoms with Crippen LogP contribution in [-0.4, -0.2) is 58.6 Å². The average molecular weight is 450 g/mol. The molecule has 2 aliphatic rings. The fourth-order valence-corrected chi connectivity index (χ4v) is 4.80. The minimum atomic E-state index is -0.522. The summed E-state index contributed by atoms with van der Waals surface area (Å²) in [5.74, 6) is 0.624. The number of aldehydes is 1. The van der Waals surface area contributed by atoms with Crippen molar-refractivity contribution in [2.75, 3.05) is 31.1 Å². The number of piperazine rings is 1. The number of anilines is 1. The Kier molecular flexibility index (Phi) is 6.27. The monoisotopic (exact) mass is 449 g/mol. The quantitative estimate of drug-likeness (QED) is 0.677. The molecule has 160 valence electrons. The minimum absolute atomic E-state index is 0.223. The van der Waals surface area contributed by atoms with Crippen molar-refractivity contribution in [3.8, 4) is 0 Å². The van der Waals surface area contributed by atoms with Gasteiger partial charge in [0, 0.05) is 31.7 Å². The third kappa shape index (κ3) is 3.92. The molecule has 7 nitrogen and oxygen atoms in total. The van der Waals surface area contributed by atoms with Crippen LogP contribution in [0, 0.1) is 0 Å². The second-order valence-corrected chi connectivity index (χ2v) is 8.81. The molecule has 0 radical (unpaired) electrons. The Morgan fingerprint density at radius 1 is 1.20 bits per heavy atom. The zero-order valence-electron chi connectivity index (χ0n) is 16.7. The van der Waals surface area contributed by atoms with E-state index in [-0.39, 0.29) is 5.92 Å². The number of hydrogen-bond acceptors (Lipinski definition) is 7. The van der Waals surface area contributed by atoms with E-state index in [0.717, 1.165) is 42.0 Å². The molecule has 1 fully saturated rings. The van der Waals surface area contributed by atoms with Gasteiger partial charge in [-0.3, -0.25) is 4.90 Å². The number of nitrogens with zero attached hydrogens (tertiary/aromatic N) is 4. The van der Waals surface area contributed by atoms with Crippen molar-refractivity contribution < 1.29 is 9.90 Å². The van der Waals surface area contributed by atoms with Crippen LogP contribution in [-0.2, 0) is 4.79 Å². The number of carbonyl (C=O) groups is 1. The second-order valence-electron chi connectivity index (χ2n) is 8.00. The van der Waals surface area contributed by atoms with Gasteiger partial charge in [0.05, 0.1) is 33.9 Å². The zero-order chi connectivity index (χ0) is 21.4. The molecule has 4 atom stereocenters. The predicted octanol–water partition coefficient (Wildman–Crippen LogP) is 2.71. The predicted molar refractivity (Wildman–Crippen MR) is 117 cm³/mol. The van der Waals surface area contributed by atoms with Crippen LogP contribution in [0.3, 0.4) is 0 Å². The van der Waals surface area contributed by atoms with Crippen molar-refractivity contribution in [3.05, 3.63) is 51.4 Å². The topological polar surface area (TPSA) is 95.6 Å². The maximum absolute atomic E-state index is 11.8. The first-order chi connectivity index (χ1) is 14.4. The van der Waals surface area contributed by atoms with Crippen molar-refractivity contribution in [2.24, 2.45) is 5.73 Å². The fraction of sp³-hybridized carbons (Fsp3) is 0.476. The number of carbonyl (C=O) groups excluding carboxylic acids is 1. The molecule has 2 unspecified atom stereocenters. The number of aliphatic hydroxyl groups excluding tert-OH is 1. The Bertz CT molecular complexity index is 936. The summed E-state index contributed by atoms with van der Waals surface area (Å²) in [4.78, 5) is 25.0. The highest BCUT2D eigenvalue weighted by atomic mass is 35.5. The minimum Gasteiger partial charge on any atom is -0.387 e. The van der Waals surface area contributed by atoms with Crippen LogP contribution in [0.25, 0.3) is 0 Å². The number of fused-ring (bicyclic) bond motifs is 1. The highest BCUT2D eigenvalue weighted by Gasteiger charge is 2.35. The molecular weight excluding hydrogens is 425 g/mol. The van der Waals surface area contributed by atoms with Gasteiger partial charge < -0.3 is 20.5 Å². The summed E-state index contributed by atoms with van der Waals surface area (Å²) in [6.45, 7) is 4.95. The lowest BCUT2D eigenvalue weighted by molar-refractivity contribution is -0.110. The van der Waals surface area contributed by atoms with Crippen molar-refractivity contribution in [2.45, 2.75) is 37.5 Å². The lowest BCUT2D eigenvalue weighted by Crippen LogP contribution is -2.55. The third-order valence-corrected chi connectivity index (χ3v) is 6.90. The molecule has 0 saturated carbocycles. The lowest BCUT2D eigenvalue weighted by atomic mass is 9.96. The summed E-state index contributed by atoms with van der Waals surface area (Å²) >= 11 is 12.1. The molecule has 30 heavy (non-hydrogen) atoms. The second kappa shape index (κ2) is 8.77. The van der Waals surface area contributed by atoms with Crippen LogP contribution in [0.15, 0.2) is 24.5 Å². The molecule has 1 aromatic heterocycles. The van der Waals surface area contributed by atoms with Crippen LogP contribution in [0.1, 0.15) is 48.1 Å². The van der Waals surface area contributed by atoms with Gasteiger partial charge >= 0.3 is 0 Å². The summed E-state index contributed by atoms with van der Waals surface area (Å²) in [5.41, 5.74) is 9.02. The Balaban J connectivity index is 1.47. The van der Waals surface area contributed by atoms with Gasteiger partial charge in [-0.1, -0.05) is 36.2 Å². The van der Waals surface area contributed by atoms with Gasteiger partial charge in [-0.15, -0.1) is 0 Å². The lowest BCUT2D eigenvalue weighted by Gasteiger charge is -2.40. The van der Waals surface area contributed by atoms with Gasteiger partial charge in [0.25, 0.3) is 0 Å². The van der Waals surface area contributed by atoms with E-state index in [2.05, 4.69) is 26.7 Å². The van der Waals surface area contributed by atoms with Gasteiger partial charge in [0.2, 0.25) is 0 Å². The average Bonchev–Trinajstić information content (AvgIpc) is 3.05. The molecule has 0 bridgehead atoms. The molecule has 4 rings (SSSR count). The van der Waals surface area contributed by atoms with Crippen molar-refractivity contribution in [1.82, 2.24) is 14.9 Å². The Morgan fingerprint density at radius 2 is 1.93 bits per heavy atom. The largest absolute Gasteiger partial charge is 0.387 e. The molecule has 1 aliphatic heterocycles. The first-order valence-electron chi connectivity index (χ1n) is 10.1. The van der Waals surface area contributed by atoms with Gasteiger partial charge in [-0.2, -0.15) is 0 Å². The Hall–Kier alpha value is -1.77. The van der Waals surface area contributed by atoms with Crippen molar-refractivity contribution in [1.29, 1.82) is 0 Å². The van der Waals surface area contributed by atoms with Crippen LogP contribution in [0.2, 0.25) is 10.0 Å². The molecule has 2 aromatic rings. The van der Waals surface area contributed by atoms with E-state index in [4.69, 9.17) is 28.9 Å². The Labute approximate surface area is 185 Å². The van der Waals surface area contributed by atoms with Crippen LogP contribution >= 0.6 is 23.2 Å². The maximum atomic E-state index is 11.8. The van der Waals surface area contributed by atoms with E-state index in [1.54, 1.807) is 18.2 Å². The number of aromatic nitrogens is 2. The molecule has 1 saturated heterocycles. The number of aliphatic hydroxyl groups is 1. The summed E-state index contributed by atoms with van der Waals surface area (Å²) in [6, 6.07) is 5.18. The number of rotatable bonds is 5. The Morgan fingerprint density at radius 3 is 2.60 bits per heavy atom. The molecule has 1 aliphatic carbocycles. The summed E-state index contributed by atoms with van der Waals surface area (Å²) in [7, 11) is 0.